The van der Waals surface area contributed by atoms with Crippen molar-refractivity contribution in [1.29, 1.82) is 0 Å². The lowest BCUT2D eigenvalue weighted by Crippen LogP contribution is -2.07. The van der Waals surface area contributed by atoms with E-state index in [1.165, 1.54) is 0 Å². The fourth-order valence-electron chi connectivity index (χ4n) is 2.41. The van der Waals surface area contributed by atoms with Gasteiger partial charge in [0, 0.05) is 18.4 Å². The summed E-state index contributed by atoms with van der Waals surface area (Å²) in [6.07, 6.45) is 1.22. The first-order valence-electron chi connectivity index (χ1n) is 6.61. The van der Waals surface area contributed by atoms with Gasteiger partial charge in [0.15, 0.2) is 11.5 Å². The summed E-state index contributed by atoms with van der Waals surface area (Å²) in [7, 11) is 0. The van der Waals surface area contributed by atoms with Crippen molar-refractivity contribution < 1.29 is 14.3 Å². The lowest BCUT2D eigenvalue weighted by Gasteiger charge is -2.20. The second kappa shape index (κ2) is 5.83. The normalized spacial score (nSPS) is 14.4. The van der Waals surface area contributed by atoms with E-state index >= 15 is 0 Å². The Kier molecular flexibility index (Phi) is 4.35. The van der Waals surface area contributed by atoms with E-state index in [0.717, 1.165) is 23.3 Å². The molecule has 0 atom stereocenters. The fourth-order valence-corrected chi connectivity index (χ4v) is 2.68. The molecule has 0 N–H and O–H groups in total. The largest absolute Gasteiger partial charge is 0.489 e. The second-order valence-corrected chi connectivity index (χ2v) is 5.58. The monoisotopic (exact) mass is 282 g/mol. The van der Waals surface area contributed by atoms with Crippen molar-refractivity contribution in [1.82, 2.24) is 0 Å². The average molecular weight is 283 g/mol. The highest BCUT2D eigenvalue weighted by Gasteiger charge is 2.24. The highest BCUT2D eigenvalue weighted by molar-refractivity contribution is 6.32. The van der Waals surface area contributed by atoms with Crippen LogP contribution in [0.1, 0.15) is 44.2 Å². The first-order chi connectivity index (χ1) is 9.00. The average Bonchev–Trinajstić information content (AvgIpc) is 2.53. The Morgan fingerprint density at radius 3 is 2.53 bits per heavy atom. The molecule has 0 spiro atoms. The number of carbonyl (C=O) groups excluding carboxylic acids is 1. The molecule has 0 radical (unpaired) electrons. The maximum absolute atomic E-state index is 11.4. The number of hydrogen-bond acceptors (Lipinski definition) is 3. The van der Waals surface area contributed by atoms with Gasteiger partial charge < -0.3 is 9.47 Å². The number of halogens is 1. The molecule has 1 aromatic rings. The summed E-state index contributed by atoms with van der Waals surface area (Å²) in [4.78, 5) is 11.4. The van der Waals surface area contributed by atoms with Gasteiger partial charge in [-0.05, 0) is 24.5 Å². The lowest BCUT2D eigenvalue weighted by molar-refractivity contribution is -0.116. The molecule has 4 heteroatoms. The van der Waals surface area contributed by atoms with Crippen LogP contribution in [-0.2, 0) is 11.2 Å². The zero-order valence-corrected chi connectivity index (χ0v) is 12.3. The SMILES string of the molecule is CC(=O)Cc1cc(Cl)c2c(c1C(C)C)OCCCO2. The van der Waals surface area contributed by atoms with Gasteiger partial charge >= 0.3 is 0 Å². The summed E-state index contributed by atoms with van der Waals surface area (Å²) in [5.41, 5.74) is 1.98. The minimum atomic E-state index is 0.118. The molecule has 0 aromatic heterocycles. The molecule has 0 saturated carbocycles. The van der Waals surface area contributed by atoms with Gasteiger partial charge in [-0.1, -0.05) is 25.4 Å². The molecule has 19 heavy (non-hydrogen) atoms. The molecule has 0 aliphatic carbocycles. The number of Topliss-reactive ketones (excluding diaryl/α,β-unsaturated/α-hetero) is 1. The van der Waals surface area contributed by atoms with Crippen LogP contribution in [0.25, 0.3) is 0 Å². The van der Waals surface area contributed by atoms with Crippen molar-refractivity contribution in [3.05, 3.63) is 22.2 Å². The maximum Gasteiger partial charge on any atom is 0.180 e. The third-order valence-electron chi connectivity index (χ3n) is 3.11. The number of rotatable bonds is 3. The quantitative estimate of drug-likeness (QED) is 0.847. The van der Waals surface area contributed by atoms with Crippen LogP contribution in [0.15, 0.2) is 6.07 Å². The van der Waals surface area contributed by atoms with Crippen molar-refractivity contribution in [3.8, 4) is 11.5 Å². The van der Waals surface area contributed by atoms with Gasteiger partial charge in [0.05, 0.1) is 18.2 Å². The zero-order chi connectivity index (χ0) is 14.0. The molecule has 1 aliphatic heterocycles. The van der Waals surface area contributed by atoms with Gasteiger partial charge in [-0.25, -0.2) is 0 Å². The number of fused-ring (bicyclic) bond motifs is 1. The van der Waals surface area contributed by atoms with Crippen molar-refractivity contribution in [2.75, 3.05) is 13.2 Å². The second-order valence-electron chi connectivity index (χ2n) is 5.17. The molecule has 2 rings (SSSR count). The standard InChI is InChI=1S/C15H19ClO3/c1-9(2)13-11(7-10(3)17)8-12(16)14-15(13)19-6-4-5-18-14/h8-9H,4-7H2,1-3H3. The van der Waals surface area contributed by atoms with Gasteiger partial charge in [0.25, 0.3) is 0 Å². The first kappa shape index (κ1) is 14.2. The van der Waals surface area contributed by atoms with Crippen LogP contribution in [0.4, 0.5) is 0 Å². The van der Waals surface area contributed by atoms with Crippen LogP contribution in [-0.4, -0.2) is 19.0 Å². The number of carbonyl (C=O) groups is 1. The molecule has 0 bridgehead atoms. The van der Waals surface area contributed by atoms with Crippen LogP contribution in [0.2, 0.25) is 5.02 Å². The van der Waals surface area contributed by atoms with E-state index in [9.17, 15) is 4.79 Å². The third kappa shape index (κ3) is 3.03. The van der Waals surface area contributed by atoms with E-state index in [1.54, 1.807) is 6.92 Å². The van der Waals surface area contributed by atoms with Crippen molar-refractivity contribution in [3.63, 3.8) is 0 Å². The van der Waals surface area contributed by atoms with E-state index < -0.39 is 0 Å². The Morgan fingerprint density at radius 2 is 1.95 bits per heavy atom. The molecule has 1 aromatic carbocycles. The van der Waals surface area contributed by atoms with Crippen LogP contribution in [0.3, 0.4) is 0 Å². The Labute approximate surface area is 118 Å². The van der Waals surface area contributed by atoms with Crippen LogP contribution in [0.5, 0.6) is 11.5 Å². The molecule has 3 nitrogen and oxygen atoms in total. The van der Waals surface area contributed by atoms with Gasteiger partial charge in [-0.2, -0.15) is 0 Å². The van der Waals surface area contributed by atoms with E-state index in [2.05, 4.69) is 13.8 Å². The molecule has 0 fully saturated rings. The number of ether oxygens (including phenoxy) is 2. The van der Waals surface area contributed by atoms with Gasteiger partial charge in [0.2, 0.25) is 0 Å². The molecule has 104 valence electrons. The lowest BCUT2D eigenvalue weighted by atomic mass is 9.92. The summed E-state index contributed by atoms with van der Waals surface area (Å²) < 4.78 is 11.5. The Hall–Kier alpha value is -1.22. The predicted octanol–water partition coefficient (Wildman–Crippen LogP) is 3.76. The highest BCUT2D eigenvalue weighted by Crippen LogP contribution is 2.44. The number of benzene rings is 1. The van der Waals surface area contributed by atoms with Crippen molar-refractivity contribution in [2.45, 2.75) is 39.5 Å². The molecule has 0 amide bonds. The van der Waals surface area contributed by atoms with E-state index in [1.807, 2.05) is 6.07 Å². The summed E-state index contributed by atoms with van der Waals surface area (Å²) in [6.45, 7) is 6.98. The predicted molar refractivity (Wildman–Crippen MR) is 75.5 cm³/mol. The van der Waals surface area contributed by atoms with Crippen molar-refractivity contribution in [2.24, 2.45) is 0 Å². The third-order valence-corrected chi connectivity index (χ3v) is 3.39. The summed E-state index contributed by atoms with van der Waals surface area (Å²) in [6, 6.07) is 1.84. The Balaban J connectivity index is 2.59. The van der Waals surface area contributed by atoms with Gasteiger partial charge in [-0.15, -0.1) is 0 Å². The van der Waals surface area contributed by atoms with Crippen molar-refractivity contribution >= 4 is 17.4 Å². The Morgan fingerprint density at radius 1 is 1.32 bits per heavy atom. The minimum Gasteiger partial charge on any atom is -0.489 e. The van der Waals surface area contributed by atoms with Crippen LogP contribution in [0, 0.1) is 0 Å². The van der Waals surface area contributed by atoms with Gasteiger partial charge in [-0.3, -0.25) is 4.79 Å². The Bertz CT molecular complexity index is 495. The smallest absolute Gasteiger partial charge is 0.180 e. The van der Waals surface area contributed by atoms with Crippen LogP contribution >= 0.6 is 11.6 Å². The molecular formula is C15H19ClO3. The van der Waals surface area contributed by atoms with Gasteiger partial charge in [0.1, 0.15) is 5.78 Å². The summed E-state index contributed by atoms with van der Waals surface area (Å²) in [5, 5.41) is 0.526. The highest BCUT2D eigenvalue weighted by atomic mass is 35.5. The van der Waals surface area contributed by atoms with Crippen LogP contribution < -0.4 is 9.47 Å². The molecule has 0 saturated heterocycles. The maximum atomic E-state index is 11.4. The van der Waals surface area contributed by atoms with E-state index in [0.29, 0.717) is 30.4 Å². The molecule has 0 unspecified atom stereocenters. The topological polar surface area (TPSA) is 35.5 Å². The van der Waals surface area contributed by atoms with E-state index in [-0.39, 0.29) is 11.7 Å². The zero-order valence-electron chi connectivity index (χ0n) is 11.6. The molecular weight excluding hydrogens is 264 g/mol. The number of hydrogen-bond donors (Lipinski definition) is 0. The molecule has 1 aliphatic rings. The first-order valence-corrected chi connectivity index (χ1v) is 6.98. The minimum absolute atomic E-state index is 0.118. The van der Waals surface area contributed by atoms with E-state index in [4.69, 9.17) is 21.1 Å². The summed E-state index contributed by atoms with van der Waals surface area (Å²) in [5.74, 6) is 1.71. The number of ketones is 1. The fraction of sp³-hybridized carbons (Fsp3) is 0.533. The summed E-state index contributed by atoms with van der Waals surface area (Å²) >= 11 is 6.26. The molecule has 1 heterocycles.